The molecule has 1 heterocycles. The minimum absolute atomic E-state index is 0.383. The van der Waals surface area contributed by atoms with E-state index < -0.39 is 0 Å². The van der Waals surface area contributed by atoms with Gasteiger partial charge in [0.1, 0.15) is 24.3 Å². The number of nitrogens with one attached hydrogen (secondary N) is 1. The number of imidazole rings is 1. The lowest BCUT2D eigenvalue weighted by Gasteiger charge is -2.07. The molecule has 29 heavy (non-hydrogen) atoms. The molecular formula is C23H15Cl2N3O. The molecule has 0 radical (unpaired) electrons. The highest BCUT2D eigenvalue weighted by Crippen LogP contribution is 2.24. The summed E-state index contributed by atoms with van der Waals surface area (Å²) in [6.45, 7) is 0.383. The van der Waals surface area contributed by atoms with Gasteiger partial charge in [0.05, 0.1) is 26.7 Å². The first-order chi connectivity index (χ1) is 14.1. The molecule has 142 valence electrons. The third-order valence-corrected chi connectivity index (χ3v) is 5.08. The van der Waals surface area contributed by atoms with Crippen LogP contribution in [0.2, 0.25) is 10.0 Å². The molecule has 0 spiro atoms. The van der Waals surface area contributed by atoms with Crippen LogP contribution in [0.4, 0.5) is 0 Å². The summed E-state index contributed by atoms with van der Waals surface area (Å²) in [5.74, 6) is 1.27. The van der Waals surface area contributed by atoms with Gasteiger partial charge in [-0.1, -0.05) is 53.5 Å². The number of rotatable bonds is 5. The van der Waals surface area contributed by atoms with Crippen LogP contribution in [0.15, 0.2) is 66.7 Å². The second-order valence-corrected chi connectivity index (χ2v) is 7.19. The summed E-state index contributed by atoms with van der Waals surface area (Å²) < 4.78 is 5.79. The Hall–Kier alpha value is -3.26. The zero-order valence-electron chi connectivity index (χ0n) is 15.2. The van der Waals surface area contributed by atoms with Crippen molar-refractivity contribution in [2.24, 2.45) is 0 Å². The first kappa shape index (κ1) is 19.1. The molecule has 0 bridgehead atoms. The Morgan fingerprint density at radius 3 is 2.55 bits per heavy atom. The molecule has 6 heteroatoms. The fraction of sp³-hybridized carbons (Fsp3) is 0.0435. The van der Waals surface area contributed by atoms with Crippen LogP contribution >= 0.6 is 23.2 Å². The van der Waals surface area contributed by atoms with E-state index in [1.165, 1.54) is 0 Å². The standard InChI is InChI=1S/C23H15Cl2N3O/c24-19-10-7-16(12-20(19)25)14-29-18-8-5-15(6-9-18)11-17(13-26)23-27-21-3-1-2-4-22(21)28-23/h1-12H,14H2,(H,27,28). The predicted octanol–water partition coefficient (Wildman–Crippen LogP) is 6.51. The van der Waals surface area contributed by atoms with Gasteiger partial charge in [0.2, 0.25) is 0 Å². The maximum atomic E-state index is 9.55. The first-order valence-corrected chi connectivity index (χ1v) is 9.62. The van der Waals surface area contributed by atoms with Gasteiger partial charge in [-0.05, 0) is 53.6 Å². The van der Waals surface area contributed by atoms with Crippen LogP contribution < -0.4 is 4.74 Å². The SMILES string of the molecule is N#CC(=Cc1ccc(OCc2ccc(Cl)c(Cl)c2)cc1)c1nc2ccccc2[nH]1. The Kier molecular flexibility index (Phi) is 5.53. The second-order valence-electron chi connectivity index (χ2n) is 6.38. The average molecular weight is 420 g/mol. The Morgan fingerprint density at radius 2 is 1.83 bits per heavy atom. The molecule has 0 unspecified atom stereocenters. The van der Waals surface area contributed by atoms with Gasteiger partial charge in [-0.25, -0.2) is 4.98 Å². The number of aromatic amines is 1. The summed E-state index contributed by atoms with van der Waals surface area (Å²) in [7, 11) is 0. The summed E-state index contributed by atoms with van der Waals surface area (Å²) in [6, 6.07) is 22.8. The molecule has 0 atom stereocenters. The van der Waals surface area contributed by atoms with Crippen LogP contribution in [0.25, 0.3) is 22.7 Å². The van der Waals surface area contributed by atoms with E-state index in [1.54, 1.807) is 18.2 Å². The van der Waals surface area contributed by atoms with Crippen LogP contribution in [0.3, 0.4) is 0 Å². The third kappa shape index (κ3) is 4.43. The van der Waals surface area contributed by atoms with Gasteiger partial charge >= 0.3 is 0 Å². The largest absolute Gasteiger partial charge is 0.489 e. The molecule has 1 N–H and O–H groups in total. The van der Waals surface area contributed by atoms with Crippen LogP contribution in [0.1, 0.15) is 17.0 Å². The van der Waals surface area contributed by atoms with Crippen molar-refractivity contribution in [3.63, 3.8) is 0 Å². The Bertz CT molecular complexity index is 1200. The van der Waals surface area contributed by atoms with Crippen LogP contribution in [-0.2, 0) is 6.61 Å². The van der Waals surface area contributed by atoms with Gasteiger partial charge in [-0.2, -0.15) is 5.26 Å². The Morgan fingerprint density at radius 1 is 1.03 bits per heavy atom. The number of fused-ring (bicyclic) bond motifs is 1. The maximum Gasteiger partial charge on any atom is 0.149 e. The zero-order chi connectivity index (χ0) is 20.2. The van der Waals surface area contributed by atoms with Crippen molar-refractivity contribution in [3.05, 3.63) is 93.7 Å². The molecule has 0 aliphatic heterocycles. The number of hydrogen-bond donors (Lipinski definition) is 1. The summed E-state index contributed by atoms with van der Waals surface area (Å²) >= 11 is 12.0. The van der Waals surface area contributed by atoms with E-state index in [4.69, 9.17) is 27.9 Å². The minimum atomic E-state index is 0.383. The van der Waals surface area contributed by atoms with Crippen molar-refractivity contribution in [3.8, 4) is 11.8 Å². The number of hydrogen-bond acceptors (Lipinski definition) is 3. The Balaban J connectivity index is 1.48. The lowest BCUT2D eigenvalue weighted by molar-refractivity contribution is 0.306. The molecular weight excluding hydrogens is 405 g/mol. The number of nitriles is 1. The number of H-pyrrole nitrogens is 1. The molecule has 4 rings (SSSR count). The summed E-state index contributed by atoms with van der Waals surface area (Å²) in [5, 5.41) is 10.6. The van der Waals surface area contributed by atoms with Crippen LogP contribution in [0, 0.1) is 11.3 Å². The van der Waals surface area contributed by atoms with Crippen molar-refractivity contribution < 1.29 is 4.74 Å². The fourth-order valence-corrected chi connectivity index (χ4v) is 3.18. The summed E-state index contributed by atoms with van der Waals surface area (Å²) in [5.41, 5.74) is 4.00. The van der Waals surface area contributed by atoms with Gasteiger partial charge < -0.3 is 9.72 Å². The van der Waals surface area contributed by atoms with E-state index in [9.17, 15) is 5.26 Å². The minimum Gasteiger partial charge on any atom is -0.489 e. The molecule has 4 aromatic rings. The van der Waals surface area contributed by atoms with Crippen molar-refractivity contribution >= 4 is 45.9 Å². The van der Waals surface area contributed by atoms with Crippen molar-refractivity contribution in [1.29, 1.82) is 5.26 Å². The number of para-hydroxylation sites is 2. The van der Waals surface area contributed by atoms with Crippen molar-refractivity contribution in [2.45, 2.75) is 6.61 Å². The number of aromatic nitrogens is 2. The second kappa shape index (κ2) is 8.40. The predicted molar refractivity (Wildman–Crippen MR) is 117 cm³/mol. The van der Waals surface area contributed by atoms with Crippen LogP contribution in [0.5, 0.6) is 5.75 Å². The average Bonchev–Trinajstić information content (AvgIpc) is 3.18. The molecule has 0 aliphatic rings. The molecule has 3 aromatic carbocycles. The number of ether oxygens (including phenoxy) is 1. The quantitative estimate of drug-likeness (QED) is 0.374. The van der Waals surface area contributed by atoms with E-state index in [0.717, 1.165) is 27.9 Å². The summed E-state index contributed by atoms with van der Waals surface area (Å²) in [6.07, 6.45) is 1.79. The van der Waals surface area contributed by atoms with E-state index in [-0.39, 0.29) is 0 Å². The molecule has 0 aliphatic carbocycles. The van der Waals surface area contributed by atoms with Crippen molar-refractivity contribution in [2.75, 3.05) is 0 Å². The van der Waals surface area contributed by atoms with Gasteiger partial charge in [0.15, 0.2) is 0 Å². The highest BCUT2D eigenvalue weighted by Gasteiger charge is 2.08. The lowest BCUT2D eigenvalue weighted by atomic mass is 10.1. The van der Waals surface area contributed by atoms with E-state index in [1.807, 2.05) is 54.6 Å². The summed E-state index contributed by atoms with van der Waals surface area (Å²) in [4.78, 5) is 7.66. The van der Waals surface area contributed by atoms with Gasteiger partial charge in [-0.15, -0.1) is 0 Å². The number of halogens is 2. The highest BCUT2D eigenvalue weighted by molar-refractivity contribution is 6.42. The molecule has 1 aromatic heterocycles. The Labute approximate surface area is 178 Å². The monoisotopic (exact) mass is 419 g/mol. The molecule has 0 saturated carbocycles. The van der Waals surface area contributed by atoms with E-state index in [0.29, 0.717) is 28.0 Å². The van der Waals surface area contributed by atoms with E-state index in [2.05, 4.69) is 16.0 Å². The number of allylic oxidation sites excluding steroid dienone is 1. The molecule has 0 saturated heterocycles. The zero-order valence-corrected chi connectivity index (χ0v) is 16.7. The van der Waals surface area contributed by atoms with Crippen LogP contribution in [-0.4, -0.2) is 9.97 Å². The maximum absolute atomic E-state index is 9.55. The number of nitrogens with zero attached hydrogens (tertiary/aromatic N) is 2. The normalized spacial score (nSPS) is 11.4. The molecule has 0 amide bonds. The third-order valence-electron chi connectivity index (χ3n) is 4.35. The lowest BCUT2D eigenvalue weighted by Crippen LogP contribution is -1.95. The molecule has 4 nitrogen and oxygen atoms in total. The van der Waals surface area contributed by atoms with Crippen molar-refractivity contribution in [1.82, 2.24) is 9.97 Å². The van der Waals surface area contributed by atoms with Gasteiger partial charge in [0.25, 0.3) is 0 Å². The highest BCUT2D eigenvalue weighted by atomic mass is 35.5. The first-order valence-electron chi connectivity index (χ1n) is 8.86. The smallest absolute Gasteiger partial charge is 0.149 e. The topological polar surface area (TPSA) is 61.7 Å². The fourth-order valence-electron chi connectivity index (χ4n) is 2.86. The van der Waals surface area contributed by atoms with E-state index >= 15 is 0 Å². The van der Waals surface area contributed by atoms with Gasteiger partial charge in [0, 0.05) is 0 Å². The molecule has 0 fully saturated rings. The number of benzene rings is 3. The van der Waals surface area contributed by atoms with Gasteiger partial charge in [-0.3, -0.25) is 0 Å².